The number of hydrogen-bond acceptors (Lipinski definition) is 1. The lowest BCUT2D eigenvalue weighted by Crippen LogP contribution is -2.08. The van der Waals surface area contributed by atoms with Crippen LogP contribution in [-0.2, 0) is 10.8 Å². The number of rotatable bonds is 1. The molecular formula is C9H14OS. The lowest BCUT2D eigenvalue weighted by atomic mass is 9.92. The summed E-state index contributed by atoms with van der Waals surface area (Å²) in [6, 6.07) is 0. The van der Waals surface area contributed by atoms with E-state index in [1.165, 1.54) is 0 Å². The molecule has 0 aliphatic heterocycles. The molecule has 1 aliphatic rings. The minimum atomic E-state index is -0.813. The zero-order valence-corrected chi connectivity index (χ0v) is 8.02. The van der Waals surface area contributed by atoms with E-state index in [2.05, 4.69) is 26.0 Å². The maximum Gasteiger partial charge on any atom is 0.0494 e. The Balaban J connectivity index is 2.80. The minimum Gasteiger partial charge on any atom is -0.255 e. The van der Waals surface area contributed by atoms with E-state index in [0.29, 0.717) is 11.8 Å². The third-order valence-electron chi connectivity index (χ3n) is 2.15. The Morgan fingerprint density at radius 1 is 1.36 bits per heavy atom. The van der Waals surface area contributed by atoms with Crippen LogP contribution < -0.4 is 0 Å². The summed E-state index contributed by atoms with van der Waals surface area (Å²) in [7, 11) is -0.813. The Morgan fingerprint density at radius 2 is 2.00 bits per heavy atom. The van der Waals surface area contributed by atoms with Gasteiger partial charge in [-0.2, -0.15) is 0 Å². The van der Waals surface area contributed by atoms with Gasteiger partial charge in [-0.25, -0.2) is 0 Å². The predicted octanol–water partition coefficient (Wildman–Crippen LogP) is 2.09. The molecule has 1 aliphatic carbocycles. The van der Waals surface area contributed by atoms with Crippen LogP contribution in [0.2, 0.25) is 0 Å². The van der Waals surface area contributed by atoms with Crippen molar-refractivity contribution in [3.63, 3.8) is 0 Å². The molecule has 62 valence electrons. The molecule has 11 heavy (non-hydrogen) atoms. The second-order valence-electron chi connectivity index (χ2n) is 3.10. The molecule has 0 heterocycles. The summed E-state index contributed by atoms with van der Waals surface area (Å²) >= 11 is 0. The summed E-state index contributed by atoms with van der Waals surface area (Å²) in [6.45, 7) is 4.33. The normalized spacial score (nSPS) is 33.2. The first kappa shape index (κ1) is 8.72. The molecule has 0 saturated carbocycles. The Bertz CT molecular complexity index is 228. The van der Waals surface area contributed by atoms with Crippen molar-refractivity contribution in [1.29, 1.82) is 0 Å². The third-order valence-corrected chi connectivity index (χ3v) is 3.09. The van der Waals surface area contributed by atoms with Crippen molar-refractivity contribution in [3.05, 3.63) is 23.1 Å². The Hall–Kier alpha value is -0.370. The fraction of sp³-hybridized carbons (Fsp3) is 0.556. The molecule has 0 bridgehead atoms. The molecule has 0 N–H and O–H groups in total. The average Bonchev–Trinajstić information content (AvgIpc) is 1.94. The highest BCUT2D eigenvalue weighted by atomic mass is 32.2. The SMILES string of the molecule is CC1C=CC([S@@](C)=O)=CC1C. The summed E-state index contributed by atoms with van der Waals surface area (Å²) in [5, 5.41) is 0. The summed E-state index contributed by atoms with van der Waals surface area (Å²) in [5.41, 5.74) is 0. The minimum absolute atomic E-state index is 0.527. The number of hydrogen-bond donors (Lipinski definition) is 0. The molecule has 0 spiro atoms. The molecule has 0 saturated heterocycles. The van der Waals surface area contributed by atoms with Gasteiger partial charge >= 0.3 is 0 Å². The largest absolute Gasteiger partial charge is 0.255 e. The van der Waals surface area contributed by atoms with Gasteiger partial charge in [0.15, 0.2) is 0 Å². The quantitative estimate of drug-likeness (QED) is 0.589. The summed E-state index contributed by atoms with van der Waals surface area (Å²) in [4.78, 5) is 0.968. The molecule has 2 unspecified atom stereocenters. The average molecular weight is 170 g/mol. The highest BCUT2D eigenvalue weighted by Crippen LogP contribution is 2.22. The standard InChI is InChI=1S/C9H14OS/c1-7-4-5-9(11(3)10)6-8(7)2/h4-8H,1-3H3/t7?,8?,11-/m1/s1. The summed E-state index contributed by atoms with van der Waals surface area (Å²) < 4.78 is 11.0. The molecule has 1 nitrogen and oxygen atoms in total. The Labute approximate surface area is 70.6 Å². The Morgan fingerprint density at radius 3 is 2.45 bits per heavy atom. The monoisotopic (exact) mass is 170 g/mol. The van der Waals surface area contributed by atoms with Gasteiger partial charge in [0.05, 0.1) is 0 Å². The molecule has 0 fully saturated rings. The van der Waals surface area contributed by atoms with E-state index >= 15 is 0 Å². The second kappa shape index (κ2) is 3.35. The fourth-order valence-corrected chi connectivity index (χ4v) is 1.76. The molecule has 0 radical (unpaired) electrons. The zero-order chi connectivity index (χ0) is 8.43. The van der Waals surface area contributed by atoms with Crippen molar-refractivity contribution in [2.45, 2.75) is 13.8 Å². The lowest BCUT2D eigenvalue weighted by molar-refractivity contribution is 0.551. The smallest absolute Gasteiger partial charge is 0.0494 e. The van der Waals surface area contributed by atoms with Gasteiger partial charge in [0.1, 0.15) is 0 Å². The van der Waals surface area contributed by atoms with Crippen LogP contribution in [0.1, 0.15) is 13.8 Å². The van der Waals surface area contributed by atoms with Crippen molar-refractivity contribution in [1.82, 2.24) is 0 Å². The molecule has 0 amide bonds. The highest BCUT2D eigenvalue weighted by molar-refractivity contribution is 7.88. The van der Waals surface area contributed by atoms with Crippen LogP contribution in [-0.4, -0.2) is 10.5 Å². The molecule has 3 atom stereocenters. The van der Waals surface area contributed by atoms with E-state index in [1.54, 1.807) is 6.26 Å². The predicted molar refractivity (Wildman–Crippen MR) is 49.6 cm³/mol. The van der Waals surface area contributed by atoms with Crippen molar-refractivity contribution in [2.75, 3.05) is 6.26 Å². The number of allylic oxidation sites excluding steroid dienone is 3. The molecule has 0 aromatic heterocycles. The molecule has 0 aromatic rings. The summed E-state index contributed by atoms with van der Waals surface area (Å²) in [5.74, 6) is 1.11. The maximum absolute atomic E-state index is 11.0. The van der Waals surface area contributed by atoms with Gasteiger partial charge in [0, 0.05) is 22.0 Å². The van der Waals surface area contributed by atoms with Gasteiger partial charge in [0.25, 0.3) is 0 Å². The van der Waals surface area contributed by atoms with Gasteiger partial charge in [0.2, 0.25) is 0 Å². The maximum atomic E-state index is 11.0. The van der Waals surface area contributed by atoms with Gasteiger partial charge in [-0.1, -0.05) is 32.1 Å². The molecule has 0 aromatic carbocycles. The van der Waals surface area contributed by atoms with E-state index in [4.69, 9.17) is 0 Å². The van der Waals surface area contributed by atoms with Crippen LogP contribution in [0.5, 0.6) is 0 Å². The van der Waals surface area contributed by atoms with E-state index in [0.717, 1.165) is 4.91 Å². The topological polar surface area (TPSA) is 17.1 Å². The molecule has 1 rings (SSSR count). The van der Waals surface area contributed by atoms with E-state index < -0.39 is 10.8 Å². The van der Waals surface area contributed by atoms with Gasteiger partial charge in [-0.05, 0) is 11.8 Å². The summed E-state index contributed by atoms with van der Waals surface area (Å²) in [6.07, 6.45) is 7.92. The van der Waals surface area contributed by atoms with Crippen molar-refractivity contribution in [3.8, 4) is 0 Å². The van der Waals surface area contributed by atoms with Gasteiger partial charge in [-0.15, -0.1) is 0 Å². The van der Waals surface area contributed by atoms with Crippen molar-refractivity contribution in [2.24, 2.45) is 11.8 Å². The zero-order valence-electron chi connectivity index (χ0n) is 7.20. The van der Waals surface area contributed by atoms with Crippen LogP contribution in [0.25, 0.3) is 0 Å². The van der Waals surface area contributed by atoms with Crippen LogP contribution in [0.15, 0.2) is 23.1 Å². The Kier molecular flexibility index (Phi) is 2.66. The highest BCUT2D eigenvalue weighted by Gasteiger charge is 2.12. The molecule has 2 heteroatoms. The van der Waals surface area contributed by atoms with Crippen molar-refractivity contribution < 1.29 is 4.21 Å². The fourth-order valence-electron chi connectivity index (χ4n) is 1.08. The van der Waals surface area contributed by atoms with E-state index in [9.17, 15) is 4.21 Å². The third kappa shape index (κ3) is 2.03. The second-order valence-corrected chi connectivity index (χ2v) is 4.48. The van der Waals surface area contributed by atoms with Crippen molar-refractivity contribution >= 4 is 10.8 Å². The van der Waals surface area contributed by atoms with Crippen LogP contribution in [0.4, 0.5) is 0 Å². The first-order chi connectivity index (χ1) is 5.11. The van der Waals surface area contributed by atoms with Gasteiger partial charge in [-0.3, -0.25) is 4.21 Å². The lowest BCUT2D eigenvalue weighted by Gasteiger charge is -2.17. The first-order valence-electron chi connectivity index (χ1n) is 3.84. The van der Waals surface area contributed by atoms with E-state index in [1.807, 2.05) is 6.08 Å². The van der Waals surface area contributed by atoms with Crippen LogP contribution in [0.3, 0.4) is 0 Å². The first-order valence-corrected chi connectivity index (χ1v) is 5.40. The van der Waals surface area contributed by atoms with Crippen LogP contribution >= 0.6 is 0 Å². The van der Waals surface area contributed by atoms with Crippen LogP contribution in [0, 0.1) is 11.8 Å². The van der Waals surface area contributed by atoms with E-state index in [-0.39, 0.29) is 0 Å². The molecular weight excluding hydrogens is 156 g/mol. The van der Waals surface area contributed by atoms with Gasteiger partial charge < -0.3 is 0 Å².